The SMILES string of the molecule is CCCCCC(C)(C)CNC(C)c1ccc(F)cc1O. The summed E-state index contributed by atoms with van der Waals surface area (Å²) in [6.07, 6.45) is 4.96. The lowest BCUT2D eigenvalue weighted by molar-refractivity contribution is 0.289. The van der Waals surface area contributed by atoms with Crippen molar-refractivity contribution >= 4 is 0 Å². The molecule has 0 saturated heterocycles. The zero-order chi connectivity index (χ0) is 15.2. The van der Waals surface area contributed by atoms with Crippen LogP contribution in [0.4, 0.5) is 4.39 Å². The Bertz CT molecular complexity index is 417. The van der Waals surface area contributed by atoms with E-state index < -0.39 is 5.82 Å². The van der Waals surface area contributed by atoms with E-state index in [0.29, 0.717) is 0 Å². The number of nitrogens with one attached hydrogen (secondary N) is 1. The van der Waals surface area contributed by atoms with Crippen LogP contribution in [0.25, 0.3) is 0 Å². The molecule has 3 heteroatoms. The van der Waals surface area contributed by atoms with Crippen LogP contribution in [-0.4, -0.2) is 11.7 Å². The molecule has 0 aromatic heterocycles. The van der Waals surface area contributed by atoms with Crippen molar-refractivity contribution in [3.8, 4) is 5.75 Å². The number of phenolic OH excluding ortho intramolecular Hbond substituents is 1. The highest BCUT2D eigenvalue weighted by Gasteiger charge is 2.19. The van der Waals surface area contributed by atoms with Crippen LogP contribution in [0.2, 0.25) is 0 Å². The minimum atomic E-state index is -0.404. The fourth-order valence-electron chi connectivity index (χ4n) is 2.36. The van der Waals surface area contributed by atoms with E-state index in [1.807, 2.05) is 6.92 Å². The van der Waals surface area contributed by atoms with Crippen LogP contribution < -0.4 is 5.32 Å². The lowest BCUT2D eigenvalue weighted by atomic mass is 9.86. The molecule has 0 aliphatic heterocycles. The third-order valence-electron chi connectivity index (χ3n) is 3.80. The first kappa shape index (κ1) is 17.0. The van der Waals surface area contributed by atoms with Gasteiger partial charge < -0.3 is 10.4 Å². The van der Waals surface area contributed by atoms with Gasteiger partial charge in [0, 0.05) is 24.2 Å². The minimum absolute atomic E-state index is 0.0149. The van der Waals surface area contributed by atoms with Gasteiger partial charge in [-0.2, -0.15) is 0 Å². The Balaban J connectivity index is 2.51. The second-order valence-corrected chi connectivity index (χ2v) is 6.43. The van der Waals surface area contributed by atoms with E-state index in [2.05, 4.69) is 26.1 Å². The molecule has 114 valence electrons. The van der Waals surface area contributed by atoms with E-state index in [0.717, 1.165) is 12.1 Å². The molecular formula is C17H28FNO. The summed E-state index contributed by atoms with van der Waals surface area (Å²) in [5, 5.41) is 13.2. The van der Waals surface area contributed by atoms with Crippen LogP contribution in [0.15, 0.2) is 18.2 Å². The van der Waals surface area contributed by atoms with Gasteiger partial charge in [0.2, 0.25) is 0 Å². The Morgan fingerprint density at radius 2 is 2.00 bits per heavy atom. The smallest absolute Gasteiger partial charge is 0.126 e. The average Bonchev–Trinajstić information content (AvgIpc) is 2.36. The molecule has 1 aromatic carbocycles. The fourth-order valence-corrected chi connectivity index (χ4v) is 2.36. The molecule has 0 heterocycles. The summed E-state index contributed by atoms with van der Waals surface area (Å²) in [6.45, 7) is 9.61. The number of halogens is 1. The summed E-state index contributed by atoms with van der Waals surface area (Å²) in [5.74, 6) is -0.382. The van der Waals surface area contributed by atoms with Crippen molar-refractivity contribution in [2.45, 2.75) is 59.4 Å². The molecule has 0 saturated carbocycles. The average molecular weight is 281 g/mol. The molecule has 0 aliphatic carbocycles. The topological polar surface area (TPSA) is 32.3 Å². The number of hydrogen-bond donors (Lipinski definition) is 2. The highest BCUT2D eigenvalue weighted by Crippen LogP contribution is 2.27. The van der Waals surface area contributed by atoms with Gasteiger partial charge >= 0.3 is 0 Å². The molecule has 2 nitrogen and oxygen atoms in total. The van der Waals surface area contributed by atoms with Gasteiger partial charge in [-0.15, -0.1) is 0 Å². The molecule has 1 atom stereocenters. The monoisotopic (exact) mass is 281 g/mol. The number of phenols is 1. The van der Waals surface area contributed by atoms with Crippen LogP contribution in [0, 0.1) is 11.2 Å². The molecule has 1 unspecified atom stereocenters. The van der Waals surface area contributed by atoms with Gasteiger partial charge in [-0.1, -0.05) is 46.1 Å². The van der Waals surface area contributed by atoms with Crippen LogP contribution in [0.3, 0.4) is 0 Å². The quantitative estimate of drug-likeness (QED) is 0.672. The van der Waals surface area contributed by atoms with Crippen LogP contribution in [-0.2, 0) is 0 Å². The van der Waals surface area contributed by atoms with Crippen molar-refractivity contribution in [2.24, 2.45) is 5.41 Å². The van der Waals surface area contributed by atoms with Crippen molar-refractivity contribution in [2.75, 3.05) is 6.54 Å². The highest BCUT2D eigenvalue weighted by molar-refractivity contribution is 5.34. The van der Waals surface area contributed by atoms with Crippen LogP contribution in [0.5, 0.6) is 5.75 Å². The maximum absolute atomic E-state index is 13.0. The lowest BCUT2D eigenvalue weighted by Gasteiger charge is -2.27. The zero-order valence-electron chi connectivity index (χ0n) is 13.2. The predicted octanol–water partition coefficient (Wildman–Crippen LogP) is 4.79. The molecular weight excluding hydrogens is 253 g/mol. The van der Waals surface area contributed by atoms with Gasteiger partial charge in [-0.3, -0.25) is 0 Å². The molecule has 0 radical (unpaired) electrons. The maximum atomic E-state index is 13.0. The third-order valence-corrected chi connectivity index (χ3v) is 3.80. The molecule has 0 fully saturated rings. The summed E-state index contributed by atoms with van der Waals surface area (Å²) in [7, 11) is 0. The van der Waals surface area contributed by atoms with Crippen molar-refractivity contribution in [3.05, 3.63) is 29.6 Å². The lowest BCUT2D eigenvalue weighted by Crippen LogP contribution is -2.31. The Labute approximate surface area is 122 Å². The van der Waals surface area contributed by atoms with Crippen molar-refractivity contribution in [1.29, 1.82) is 0 Å². The summed E-state index contributed by atoms with van der Waals surface area (Å²) in [4.78, 5) is 0. The minimum Gasteiger partial charge on any atom is -0.508 e. The molecule has 0 spiro atoms. The Morgan fingerprint density at radius 1 is 1.30 bits per heavy atom. The summed E-state index contributed by atoms with van der Waals surface area (Å²) >= 11 is 0. The third kappa shape index (κ3) is 5.49. The predicted molar refractivity (Wildman–Crippen MR) is 82.4 cm³/mol. The van der Waals surface area contributed by atoms with Crippen molar-refractivity contribution in [3.63, 3.8) is 0 Å². The van der Waals surface area contributed by atoms with Gasteiger partial charge in [0.15, 0.2) is 0 Å². The molecule has 0 aliphatic rings. The van der Waals surface area contributed by atoms with E-state index in [1.54, 1.807) is 6.07 Å². The highest BCUT2D eigenvalue weighted by atomic mass is 19.1. The Hall–Kier alpha value is -1.09. The van der Waals surface area contributed by atoms with Crippen molar-refractivity contribution in [1.82, 2.24) is 5.32 Å². The van der Waals surface area contributed by atoms with E-state index in [-0.39, 0.29) is 17.2 Å². The van der Waals surface area contributed by atoms with Gasteiger partial charge in [0.05, 0.1) is 0 Å². The number of aromatic hydroxyl groups is 1. The van der Waals surface area contributed by atoms with E-state index in [1.165, 1.54) is 37.8 Å². The van der Waals surface area contributed by atoms with Gasteiger partial charge in [-0.25, -0.2) is 4.39 Å². The molecule has 20 heavy (non-hydrogen) atoms. The van der Waals surface area contributed by atoms with Gasteiger partial charge in [0.25, 0.3) is 0 Å². The largest absolute Gasteiger partial charge is 0.508 e. The second kappa shape index (κ2) is 7.63. The summed E-state index contributed by atoms with van der Waals surface area (Å²) in [5.41, 5.74) is 0.981. The van der Waals surface area contributed by atoms with E-state index in [9.17, 15) is 9.50 Å². The first-order valence-electron chi connectivity index (χ1n) is 7.57. The number of unbranched alkanes of at least 4 members (excludes halogenated alkanes) is 2. The van der Waals surface area contributed by atoms with E-state index in [4.69, 9.17) is 0 Å². The van der Waals surface area contributed by atoms with Gasteiger partial charge in [0.1, 0.15) is 11.6 Å². The maximum Gasteiger partial charge on any atom is 0.126 e. The van der Waals surface area contributed by atoms with Gasteiger partial charge in [-0.05, 0) is 24.8 Å². The first-order valence-corrected chi connectivity index (χ1v) is 7.57. The normalized spacial score (nSPS) is 13.4. The molecule has 2 N–H and O–H groups in total. The fraction of sp³-hybridized carbons (Fsp3) is 0.647. The number of rotatable bonds is 8. The number of hydrogen-bond acceptors (Lipinski definition) is 2. The number of benzene rings is 1. The Morgan fingerprint density at radius 3 is 2.60 bits per heavy atom. The molecule has 0 bridgehead atoms. The molecule has 0 amide bonds. The summed E-state index contributed by atoms with van der Waals surface area (Å²) in [6, 6.07) is 4.22. The zero-order valence-corrected chi connectivity index (χ0v) is 13.2. The van der Waals surface area contributed by atoms with Crippen LogP contribution >= 0.6 is 0 Å². The van der Waals surface area contributed by atoms with Crippen LogP contribution in [0.1, 0.15) is 65.0 Å². The molecule has 1 aromatic rings. The molecule has 1 rings (SSSR count). The Kier molecular flexibility index (Phi) is 6.47. The standard InChI is InChI=1S/C17H28FNO/c1-5-6-7-10-17(3,4)12-19-13(2)15-9-8-14(18)11-16(15)20/h8-9,11,13,19-20H,5-7,10,12H2,1-4H3. The second-order valence-electron chi connectivity index (χ2n) is 6.43. The van der Waals surface area contributed by atoms with Crippen molar-refractivity contribution < 1.29 is 9.50 Å². The summed E-state index contributed by atoms with van der Waals surface area (Å²) < 4.78 is 13.0. The first-order chi connectivity index (χ1) is 9.35. The van der Waals surface area contributed by atoms with E-state index >= 15 is 0 Å².